The molecule has 0 N–H and O–H groups in total. The van der Waals surface area contributed by atoms with E-state index < -0.39 is 11.1 Å². The van der Waals surface area contributed by atoms with Crippen LogP contribution in [0, 0.1) is 0 Å². The van der Waals surface area contributed by atoms with E-state index in [1.54, 1.807) is 6.20 Å². The minimum atomic E-state index is -0.477. The lowest BCUT2D eigenvalue weighted by molar-refractivity contribution is 0.0811. The monoisotopic (exact) mass is 258 g/mol. The van der Waals surface area contributed by atoms with E-state index >= 15 is 0 Å². The van der Waals surface area contributed by atoms with Crippen LogP contribution in [0.2, 0.25) is 0 Å². The molecule has 0 unspecified atom stereocenters. The summed E-state index contributed by atoms with van der Waals surface area (Å²) in [5, 5.41) is 0. The van der Waals surface area contributed by atoms with Crippen LogP contribution in [0.4, 0.5) is 0 Å². The Hall–Kier alpha value is -2.14. The minimum Gasteiger partial charge on any atom is -0.373 e. The number of rotatable bonds is 2. The van der Waals surface area contributed by atoms with Crippen LogP contribution < -0.4 is 11.1 Å². The number of aromatic nitrogens is 2. The topological polar surface area (TPSA) is 53.2 Å². The van der Waals surface area contributed by atoms with Crippen molar-refractivity contribution in [1.82, 2.24) is 9.13 Å². The minimum absolute atomic E-state index is 0.379. The molecule has 5 heteroatoms. The third-order valence-corrected chi connectivity index (χ3v) is 3.25. The van der Waals surface area contributed by atoms with Gasteiger partial charge in [-0.05, 0) is 5.56 Å². The molecule has 5 nitrogen and oxygen atoms in total. The van der Waals surface area contributed by atoms with Gasteiger partial charge in [0.1, 0.15) is 0 Å². The largest absolute Gasteiger partial charge is 0.373 e. The summed E-state index contributed by atoms with van der Waals surface area (Å²) in [6, 6.07) is 9.60. The second-order valence-electron chi connectivity index (χ2n) is 4.55. The van der Waals surface area contributed by atoms with Crippen LogP contribution in [0.15, 0.2) is 46.1 Å². The summed E-state index contributed by atoms with van der Waals surface area (Å²) >= 11 is 0. The van der Waals surface area contributed by atoms with E-state index in [2.05, 4.69) is 0 Å². The van der Waals surface area contributed by atoms with Crippen LogP contribution in [0.5, 0.6) is 0 Å². The number of nitrogens with zero attached hydrogens (tertiary/aromatic N) is 2. The van der Waals surface area contributed by atoms with Gasteiger partial charge in [0.2, 0.25) is 0 Å². The Bertz CT molecular complexity index is 701. The van der Waals surface area contributed by atoms with Gasteiger partial charge in [0, 0.05) is 12.7 Å². The fraction of sp³-hybridized carbons (Fsp3) is 0.286. The molecule has 19 heavy (non-hydrogen) atoms. The van der Waals surface area contributed by atoms with Crippen molar-refractivity contribution in [3.8, 4) is 0 Å². The fourth-order valence-corrected chi connectivity index (χ4v) is 2.27. The van der Waals surface area contributed by atoms with Gasteiger partial charge in [0.05, 0.1) is 25.5 Å². The van der Waals surface area contributed by atoms with Gasteiger partial charge in [0.25, 0.3) is 0 Å². The maximum Gasteiger partial charge on any atom is 0.316 e. The summed E-state index contributed by atoms with van der Waals surface area (Å²) in [7, 11) is 0. The Morgan fingerprint density at radius 2 is 1.89 bits per heavy atom. The highest BCUT2D eigenvalue weighted by atomic mass is 16.5. The van der Waals surface area contributed by atoms with Gasteiger partial charge < -0.3 is 13.9 Å². The summed E-state index contributed by atoms with van der Waals surface area (Å²) < 4.78 is 8.28. The summed E-state index contributed by atoms with van der Waals surface area (Å²) in [6.45, 7) is 1.72. The van der Waals surface area contributed by atoms with Gasteiger partial charge in [-0.1, -0.05) is 30.3 Å². The Balaban J connectivity index is 2.05. The van der Waals surface area contributed by atoms with E-state index in [4.69, 9.17) is 4.74 Å². The molecule has 0 radical (unpaired) electrons. The molecule has 1 aromatic heterocycles. The van der Waals surface area contributed by atoms with Gasteiger partial charge >= 0.3 is 11.1 Å². The number of ether oxygens (including phenoxy) is 1. The summed E-state index contributed by atoms with van der Waals surface area (Å²) in [4.78, 5) is 24.0. The number of hydrogen-bond donors (Lipinski definition) is 0. The van der Waals surface area contributed by atoms with Crippen molar-refractivity contribution in [3.05, 3.63) is 68.5 Å². The lowest BCUT2D eigenvalue weighted by atomic mass is 10.2. The van der Waals surface area contributed by atoms with Crippen LogP contribution in [0.25, 0.3) is 0 Å². The first-order chi connectivity index (χ1) is 9.25. The maximum absolute atomic E-state index is 12.0. The Labute approximate surface area is 109 Å². The predicted molar refractivity (Wildman–Crippen MR) is 70.2 cm³/mol. The SMILES string of the molecule is O=c1c(=O)n2c(cn1Cc1ccccc1)COCC2. The Morgan fingerprint density at radius 1 is 1.11 bits per heavy atom. The molecule has 1 aliphatic rings. The number of hydrogen-bond acceptors (Lipinski definition) is 3. The lowest BCUT2D eigenvalue weighted by Gasteiger charge is -2.19. The zero-order chi connectivity index (χ0) is 13.2. The second kappa shape index (κ2) is 4.85. The molecular weight excluding hydrogens is 244 g/mol. The van der Waals surface area contributed by atoms with E-state index in [9.17, 15) is 9.59 Å². The van der Waals surface area contributed by atoms with Crippen LogP contribution in [-0.2, 0) is 24.4 Å². The van der Waals surface area contributed by atoms with Crippen molar-refractivity contribution in [2.45, 2.75) is 19.7 Å². The summed E-state index contributed by atoms with van der Waals surface area (Å²) in [6.07, 6.45) is 1.72. The van der Waals surface area contributed by atoms with E-state index in [0.717, 1.165) is 11.3 Å². The van der Waals surface area contributed by atoms with Crippen molar-refractivity contribution in [3.63, 3.8) is 0 Å². The standard InChI is InChI=1S/C14H14N2O3/c17-13-14(18)16-6-7-19-10-12(16)9-15(13)8-11-4-2-1-3-5-11/h1-5,9H,6-8,10H2. The molecule has 2 aromatic rings. The van der Waals surface area contributed by atoms with Gasteiger partial charge in [-0.2, -0.15) is 0 Å². The summed E-state index contributed by atoms with van der Waals surface area (Å²) in [5.74, 6) is 0. The molecule has 0 bridgehead atoms. The molecule has 2 heterocycles. The quantitative estimate of drug-likeness (QED) is 0.741. The Kier molecular flexibility index (Phi) is 3.05. The molecule has 0 aliphatic carbocycles. The smallest absolute Gasteiger partial charge is 0.316 e. The van der Waals surface area contributed by atoms with E-state index in [0.29, 0.717) is 26.3 Å². The van der Waals surface area contributed by atoms with Crippen molar-refractivity contribution in [1.29, 1.82) is 0 Å². The first-order valence-corrected chi connectivity index (χ1v) is 6.20. The van der Waals surface area contributed by atoms with Crippen LogP contribution in [-0.4, -0.2) is 15.7 Å². The second-order valence-corrected chi connectivity index (χ2v) is 4.55. The highest BCUT2D eigenvalue weighted by Gasteiger charge is 2.14. The average molecular weight is 258 g/mol. The highest BCUT2D eigenvalue weighted by molar-refractivity contribution is 5.15. The molecule has 0 fully saturated rings. The normalized spacial score (nSPS) is 14.1. The maximum atomic E-state index is 12.0. The lowest BCUT2D eigenvalue weighted by Crippen LogP contribution is -2.44. The number of benzene rings is 1. The molecule has 1 aromatic carbocycles. The van der Waals surface area contributed by atoms with Crippen molar-refractivity contribution < 1.29 is 4.74 Å². The molecule has 0 amide bonds. The third-order valence-electron chi connectivity index (χ3n) is 3.25. The van der Waals surface area contributed by atoms with Crippen molar-refractivity contribution >= 4 is 0 Å². The van der Waals surface area contributed by atoms with Gasteiger partial charge in [0.15, 0.2) is 0 Å². The molecule has 0 saturated carbocycles. The van der Waals surface area contributed by atoms with Gasteiger partial charge in [-0.25, -0.2) is 0 Å². The molecule has 0 saturated heterocycles. The molecule has 3 rings (SSSR count). The van der Waals surface area contributed by atoms with Gasteiger partial charge in [-0.3, -0.25) is 9.59 Å². The van der Waals surface area contributed by atoms with E-state index in [1.165, 1.54) is 9.13 Å². The van der Waals surface area contributed by atoms with Gasteiger partial charge in [-0.15, -0.1) is 0 Å². The van der Waals surface area contributed by atoms with Crippen molar-refractivity contribution in [2.75, 3.05) is 6.61 Å². The first kappa shape index (κ1) is 11.9. The zero-order valence-corrected chi connectivity index (χ0v) is 10.4. The van der Waals surface area contributed by atoms with E-state index in [-0.39, 0.29) is 0 Å². The van der Waals surface area contributed by atoms with Crippen molar-refractivity contribution in [2.24, 2.45) is 0 Å². The third kappa shape index (κ3) is 2.24. The van der Waals surface area contributed by atoms with Crippen LogP contribution in [0.1, 0.15) is 11.3 Å². The highest BCUT2D eigenvalue weighted by Crippen LogP contribution is 2.06. The average Bonchev–Trinajstić information content (AvgIpc) is 2.46. The van der Waals surface area contributed by atoms with Crippen LogP contribution >= 0.6 is 0 Å². The first-order valence-electron chi connectivity index (χ1n) is 6.20. The fourth-order valence-electron chi connectivity index (χ4n) is 2.27. The molecule has 98 valence electrons. The Morgan fingerprint density at radius 3 is 2.68 bits per heavy atom. The summed E-state index contributed by atoms with van der Waals surface area (Å²) in [5.41, 5.74) is 0.809. The van der Waals surface area contributed by atoms with Crippen LogP contribution in [0.3, 0.4) is 0 Å². The van der Waals surface area contributed by atoms with E-state index in [1.807, 2.05) is 30.3 Å². The molecule has 1 aliphatic heterocycles. The number of fused-ring (bicyclic) bond motifs is 1. The predicted octanol–water partition coefficient (Wildman–Crippen LogP) is 0.588. The molecular formula is C14H14N2O3. The molecule has 0 atom stereocenters. The zero-order valence-electron chi connectivity index (χ0n) is 10.4. The molecule has 0 spiro atoms.